The first-order valence-electron chi connectivity index (χ1n) is 8.31. The number of amides is 2. The number of rotatable bonds is 4. The minimum absolute atomic E-state index is 0.0987. The van der Waals surface area contributed by atoms with Crippen molar-refractivity contribution in [1.29, 1.82) is 0 Å². The lowest BCUT2D eigenvalue weighted by Gasteiger charge is -2.38. The number of hydrogen-bond donors (Lipinski definition) is 1. The Balaban J connectivity index is 1.80. The van der Waals surface area contributed by atoms with Crippen molar-refractivity contribution >= 4 is 23.6 Å². The van der Waals surface area contributed by atoms with Gasteiger partial charge in [-0.2, -0.15) is 0 Å². The van der Waals surface area contributed by atoms with Gasteiger partial charge in [-0.25, -0.2) is 4.79 Å². The molecule has 2 heterocycles. The molecule has 1 aromatic carbocycles. The number of fused-ring (bicyclic) bond motifs is 2. The van der Waals surface area contributed by atoms with Gasteiger partial charge in [-0.15, -0.1) is 0 Å². The molecule has 3 rings (SSSR count). The third-order valence-electron chi connectivity index (χ3n) is 4.15. The molecule has 2 amide bonds. The van der Waals surface area contributed by atoms with E-state index in [4.69, 9.17) is 4.74 Å². The van der Waals surface area contributed by atoms with Crippen LogP contribution in [0.25, 0.3) is 0 Å². The van der Waals surface area contributed by atoms with E-state index >= 15 is 0 Å². The number of anilines is 1. The summed E-state index contributed by atoms with van der Waals surface area (Å²) in [5.74, 6) is 0.949. The number of ether oxygens (including phenoxy) is 1. The normalized spacial score (nSPS) is 16.2. The summed E-state index contributed by atoms with van der Waals surface area (Å²) in [4.78, 5) is 32.5. The van der Waals surface area contributed by atoms with E-state index in [1.807, 2.05) is 11.9 Å². The molecule has 0 aromatic heterocycles. The lowest BCUT2D eigenvalue weighted by Crippen LogP contribution is -2.52. The molecule has 0 aliphatic carbocycles. The molecule has 2 aliphatic rings. The number of carbonyl (C=O) groups excluding carboxylic acids is 2. The molecule has 7 heteroatoms. The topological polar surface area (TPSA) is 74.2 Å². The van der Waals surface area contributed by atoms with Gasteiger partial charge >= 0.3 is 6.09 Å². The molecule has 2 aliphatic heterocycles. The SMILES string of the molecule is CCCCNC(=O)Oc1ccc2c(c1)C(=O)N1CCCN=C1N2C. The molecule has 0 bridgehead atoms. The quantitative estimate of drug-likeness (QED) is 0.859. The van der Waals surface area contributed by atoms with E-state index in [0.29, 0.717) is 30.4 Å². The van der Waals surface area contributed by atoms with Crippen molar-refractivity contribution in [3.63, 3.8) is 0 Å². The maximum absolute atomic E-state index is 12.7. The molecule has 24 heavy (non-hydrogen) atoms. The van der Waals surface area contributed by atoms with Gasteiger partial charge in [-0.3, -0.25) is 14.7 Å². The summed E-state index contributed by atoms with van der Waals surface area (Å²) in [6.45, 7) is 4.02. The highest BCUT2D eigenvalue weighted by molar-refractivity contribution is 6.18. The van der Waals surface area contributed by atoms with Gasteiger partial charge in [-0.05, 0) is 31.0 Å². The number of guanidine groups is 1. The molecule has 0 fully saturated rings. The van der Waals surface area contributed by atoms with Gasteiger partial charge in [0.2, 0.25) is 5.96 Å². The first-order valence-corrected chi connectivity index (χ1v) is 8.31. The molecule has 7 nitrogen and oxygen atoms in total. The number of nitrogens with one attached hydrogen (secondary N) is 1. The Morgan fingerprint density at radius 2 is 2.25 bits per heavy atom. The summed E-state index contributed by atoms with van der Waals surface area (Å²) in [6.07, 6.45) is 2.26. The molecule has 0 unspecified atom stereocenters. The molecule has 1 aromatic rings. The highest BCUT2D eigenvalue weighted by Crippen LogP contribution is 2.31. The van der Waals surface area contributed by atoms with Gasteiger partial charge in [0, 0.05) is 26.7 Å². The van der Waals surface area contributed by atoms with Crippen LogP contribution in [0.5, 0.6) is 5.75 Å². The van der Waals surface area contributed by atoms with Gasteiger partial charge in [0.25, 0.3) is 5.91 Å². The highest BCUT2D eigenvalue weighted by atomic mass is 16.6. The summed E-state index contributed by atoms with van der Waals surface area (Å²) >= 11 is 0. The number of aliphatic imine (C=N–C) groups is 1. The maximum atomic E-state index is 12.7. The van der Waals surface area contributed by atoms with Crippen molar-refractivity contribution in [3.05, 3.63) is 23.8 Å². The van der Waals surface area contributed by atoms with Crippen LogP contribution in [0, 0.1) is 0 Å². The van der Waals surface area contributed by atoms with Crippen LogP contribution in [0.1, 0.15) is 36.5 Å². The molecule has 0 atom stereocenters. The van der Waals surface area contributed by atoms with Crippen LogP contribution in [0.2, 0.25) is 0 Å². The molecular weight excluding hydrogens is 308 g/mol. The number of benzene rings is 1. The zero-order chi connectivity index (χ0) is 17.1. The Morgan fingerprint density at radius 3 is 3.04 bits per heavy atom. The summed E-state index contributed by atoms with van der Waals surface area (Å²) in [6, 6.07) is 5.11. The van der Waals surface area contributed by atoms with Crippen LogP contribution in [0.3, 0.4) is 0 Å². The average Bonchev–Trinajstić information content (AvgIpc) is 2.60. The fourth-order valence-corrected chi connectivity index (χ4v) is 2.88. The van der Waals surface area contributed by atoms with Crippen molar-refractivity contribution in [2.75, 3.05) is 31.6 Å². The molecule has 128 valence electrons. The Labute approximate surface area is 141 Å². The summed E-state index contributed by atoms with van der Waals surface area (Å²) in [7, 11) is 1.89. The van der Waals surface area contributed by atoms with E-state index in [-0.39, 0.29) is 5.91 Å². The predicted octanol–water partition coefficient (Wildman–Crippen LogP) is 2.23. The van der Waals surface area contributed by atoms with Crippen molar-refractivity contribution in [1.82, 2.24) is 10.2 Å². The third kappa shape index (κ3) is 3.06. The molecule has 0 saturated heterocycles. The van der Waals surface area contributed by atoms with Gasteiger partial charge < -0.3 is 15.0 Å². The number of nitrogens with zero attached hydrogens (tertiary/aromatic N) is 3. The van der Waals surface area contributed by atoms with Crippen LogP contribution in [-0.4, -0.2) is 49.5 Å². The smallest absolute Gasteiger partial charge is 0.410 e. The molecule has 0 saturated carbocycles. The lowest BCUT2D eigenvalue weighted by atomic mass is 10.1. The summed E-state index contributed by atoms with van der Waals surface area (Å²) < 4.78 is 5.28. The van der Waals surface area contributed by atoms with E-state index in [1.54, 1.807) is 23.1 Å². The monoisotopic (exact) mass is 330 g/mol. The average molecular weight is 330 g/mol. The molecule has 0 radical (unpaired) electrons. The number of unbranched alkanes of at least 4 members (excludes halogenated alkanes) is 1. The van der Waals surface area contributed by atoms with Crippen molar-refractivity contribution < 1.29 is 14.3 Å². The number of hydrogen-bond acceptors (Lipinski definition) is 5. The van der Waals surface area contributed by atoms with Crippen LogP contribution >= 0.6 is 0 Å². The fourth-order valence-electron chi connectivity index (χ4n) is 2.88. The van der Waals surface area contributed by atoms with Crippen LogP contribution in [-0.2, 0) is 0 Å². The van der Waals surface area contributed by atoms with E-state index in [9.17, 15) is 9.59 Å². The Bertz CT molecular complexity index is 686. The zero-order valence-electron chi connectivity index (χ0n) is 14.0. The van der Waals surface area contributed by atoms with Crippen LogP contribution < -0.4 is 15.0 Å². The number of carbonyl (C=O) groups is 2. The van der Waals surface area contributed by atoms with E-state index in [1.165, 1.54) is 0 Å². The summed E-state index contributed by atoms with van der Waals surface area (Å²) in [5.41, 5.74) is 1.30. The second-order valence-corrected chi connectivity index (χ2v) is 5.90. The Hall–Kier alpha value is -2.57. The van der Waals surface area contributed by atoms with Gasteiger partial charge in [0.1, 0.15) is 5.75 Å². The second-order valence-electron chi connectivity index (χ2n) is 5.90. The predicted molar refractivity (Wildman–Crippen MR) is 91.7 cm³/mol. The second kappa shape index (κ2) is 6.90. The fraction of sp³-hybridized carbons (Fsp3) is 0.471. The molecule has 0 spiro atoms. The van der Waals surface area contributed by atoms with Crippen LogP contribution in [0.15, 0.2) is 23.2 Å². The minimum Gasteiger partial charge on any atom is -0.410 e. The summed E-state index contributed by atoms with van der Waals surface area (Å²) in [5, 5.41) is 2.69. The van der Waals surface area contributed by atoms with Crippen molar-refractivity contribution in [2.45, 2.75) is 26.2 Å². The molecule has 1 N–H and O–H groups in total. The third-order valence-corrected chi connectivity index (χ3v) is 4.15. The highest BCUT2D eigenvalue weighted by Gasteiger charge is 2.34. The lowest BCUT2D eigenvalue weighted by molar-refractivity contribution is 0.0834. The van der Waals surface area contributed by atoms with Crippen molar-refractivity contribution in [3.8, 4) is 5.75 Å². The van der Waals surface area contributed by atoms with Crippen LogP contribution in [0.4, 0.5) is 10.5 Å². The van der Waals surface area contributed by atoms with E-state index < -0.39 is 6.09 Å². The maximum Gasteiger partial charge on any atom is 0.412 e. The first kappa shape index (κ1) is 16.3. The van der Waals surface area contributed by atoms with Gasteiger partial charge in [0.05, 0.1) is 11.3 Å². The van der Waals surface area contributed by atoms with Crippen molar-refractivity contribution in [2.24, 2.45) is 4.99 Å². The standard InChI is InChI=1S/C17H22N4O3/c1-3-4-8-19-17(23)24-12-6-7-14-13(11-12)15(22)21-10-5-9-18-16(21)20(14)2/h6-7,11H,3-5,8-10H2,1-2H3,(H,19,23). The largest absolute Gasteiger partial charge is 0.412 e. The minimum atomic E-state index is -0.500. The van der Waals surface area contributed by atoms with E-state index in [0.717, 1.165) is 31.5 Å². The Morgan fingerprint density at radius 1 is 1.42 bits per heavy atom. The van der Waals surface area contributed by atoms with Gasteiger partial charge in [0.15, 0.2) is 0 Å². The first-order chi connectivity index (χ1) is 11.6. The molecular formula is C17H22N4O3. The Kier molecular flexibility index (Phi) is 4.69. The zero-order valence-corrected chi connectivity index (χ0v) is 14.0. The van der Waals surface area contributed by atoms with Gasteiger partial charge in [-0.1, -0.05) is 13.3 Å². The van der Waals surface area contributed by atoms with E-state index in [2.05, 4.69) is 17.2 Å².